The molecule has 0 aliphatic carbocycles. The first-order valence-corrected chi connectivity index (χ1v) is 6.65. The Morgan fingerprint density at radius 1 is 1.18 bits per heavy atom. The van der Waals surface area contributed by atoms with Crippen LogP contribution in [0.1, 0.15) is 28.5 Å². The second-order valence-corrected chi connectivity index (χ2v) is 4.56. The lowest BCUT2D eigenvalue weighted by molar-refractivity contribution is -0.141. The number of amides is 1. The van der Waals surface area contributed by atoms with Crippen LogP contribution in [-0.2, 0) is 9.53 Å². The van der Waals surface area contributed by atoms with Crippen LogP contribution in [0.3, 0.4) is 0 Å². The van der Waals surface area contributed by atoms with Crippen LogP contribution >= 0.6 is 0 Å². The summed E-state index contributed by atoms with van der Waals surface area (Å²) >= 11 is 0. The maximum absolute atomic E-state index is 13.1. The van der Waals surface area contributed by atoms with Gasteiger partial charge in [-0.1, -0.05) is 36.4 Å². The second kappa shape index (κ2) is 7.31. The summed E-state index contributed by atoms with van der Waals surface area (Å²) in [6, 6.07) is 12.4. The highest BCUT2D eigenvalue weighted by atomic mass is 19.1. The number of hydrogen-bond acceptors (Lipinski definition) is 4. The maximum atomic E-state index is 13.1. The number of nitrogens with zero attached hydrogens (tertiary/aromatic N) is 1. The largest absolute Gasteiger partial charge is 0.469 e. The summed E-state index contributed by atoms with van der Waals surface area (Å²) in [5.41, 5.74) is 0.698. The molecule has 1 amide bonds. The molecule has 2 aromatic rings. The molecular weight excluding hydrogens is 287 g/mol. The number of rotatable bonds is 5. The third kappa shape index (κ3) is 4.12. The van der Waals surface area contributed by atoms with Gasteiger partial charge in [0.05, 0.1) is 19.6 Å². The second-order valence-electron chi connectivity index (χ2n) is 4.56. The maximum Gasteiger partial charge on any atom is 0.307 e. The molecule has 2 rings (SSSR count). The number of ether oxygens (including phenoxy) is 1. The van der Waals surface area contributed by atoms with E-state index in [1.807, 2.05) is 6.07 Å². The van der Waals surface area contributed by atoms with E-state index >= 15 is 0 Å². The van der Waals surface area contributed by atoms with Gasteiger partial charge >= 0.3 is 5.97 Å². The average Bonchev–Trinajstić information content (AvgIpc) is 2.54. The molecule has 0 bridgehead atoms. The summed E-state index contributed by atoms with van der Waals surface area (Å²) in [4.78, 5) is 27.2. The molecule has 0 spiro atoms. The van der Waals surface area contributed by atoms with Crippen LogP contribution in [0.5, 0.6) is 0 Å². The quantitative estimate of drug-likeness (QED) is 0.679. The lowest BCUT2D eigenvalue weighted by Gasteiger charge is -2.18. The molecule has 22 heavy (non-hydrogen) atoms. The van der Waals surface area contributed by atoms with Crippen molar-refractivity contribution in [1.82, 2.24) is 10.3 Å². The van der Waals surface area contributed by atoms with Gasteiger partial charge in [0.25, 0.3) is 5.91 Å². The Balaban J connectivity index is 2.19. The first kappa shape index (κ1) is 15.6. The number of benzene rings is 1. The summed E-state index contributed by atoms with van der Waals surface area (Å²) in [5.74, 6) is -1.75. The molecule has 1 heterocycles. The Hall–Kier alpha value is -2.76. The SMILES string of the molecule is COC(=O)C[C@H](NC(=O)c1cccc(F)n1)c1ccccc1. The van der Waals surface area contributed by atoms with Gasteiger partial charge in [0.2, 0.25) is 5.95 Å². The van der Waals surface area contributed by atoms with Crippen molar-refractivity contribution < 1.29 is 18.7 Å². The van der Waals surface area contributed by atoms with E-state index in [1.165, 1.54) is 19.2 Å². The van der Waals surface area contributed by atoms with Crippen molar-refractivity contribution in [2.45, 2.75) is 12.5 Å². The van der Waals surface area contributed by atoms with Crippen molar-refractivity contribution >= 4 is 11.9 Å². The first-order chi connectivity index (χ1) is 10.6. The zero-order valence-electron chi connectivity index (χ0n) is 12.0. The van der Waals surface area contributed by atoms with Crippen LogP contribution in [0.2, 0.25) is 0 Å². The number of carbonyl (C=O) groups is 2. The van der Waals surface area contributed by atoms with Gasteiger partial charge in [-0.15, -0.1) is 0 Å². The van der Waals surface area contributed by atoms with E-state index in [2.05, 4.69) is 15.0 Å². The monoisotopic (exact) mass is 302 g/mol. The van der Waals surface area contributed by atoms with Gasteiger partial charge in [-0.25, -0.2) is 4.98 Å². The van der Waals surface area contributed by atoms with Crippen LogP contribution < -0.4 is 5.32 Å². The van der Waals surface area contributed by atoms with Crippen molar-refractivity contribution in [3.8, 4) is 0 Å². The highest BCUT2D eigenvalue weighted by Gasteiger charge is 2.20. The van der Waals surface area contributed by atoms with Gasteiger partial charge in [0, 0.05) is 0 Å². The van der Waals surface area contributed by atoms with Crippen molar-refractivity contribution in [1.29, 1.82) is 0 Å². The van der Waals surface area contributed by atoms with Crippen LogP contribution in [0.4, 0.5) is 4.39 Å². The number of hydrogen-bond donors (Lipinski definition) is 1. The van der Waals surface area contributed by atoms with Crippen molar-refractivity contribution in [2.24, 2.45) is 0 Å². The fraction of sp³-hybridized carbons (Fsp3) is 0.188. The lowest BCUT2D eigenvalue weighted by atomic mass is 10.0. The van der Waals surface area contributed by atoms with Crippen LogP contribution in [0.25, 0.3) is 0 Å². The zero-order valence-corrected chi connectivity index (χ0v) is 12.0. The van der Waals surface area contributed by atoms with Gasteiger partial charge in [-0.2, -0.15) is 4.39 Å². The molecule has 1 aromatic carbocycles. The molecule has 1 aromatic heterocycles. The van der Waals surface area contributed by atoms with Gasteiger partial charge in [0.15, 0.2) is 0 Å². The molecular formula is C16H15FN2O3. The van der Waals surface area contributed by atoms with Crippen LogP contribution in [-0.4, -0.2) is 24.0 Å². The topological polar surface area (TPSA) is 68.3 Å². The third-order valence-corrected chi connectivity index (χ3v) is 3.05. The van der Waals surface area contributed by atoms with E-state index < -0.39 is 23.9 Å². The predicted molar refractivity (Wildman–Crippen MR) is 77.5 cm³/mol. The van der Waals surface area contributed by atoms with Crippen molar-refractivity contribution in [3.63, 3.8) is 0 Å². The first-order valence-electron chi connectivity index (χ1n) is 6.65. The highest BCUT2D eigenvalue weighted by Crippen LogP contribution is 2.17. The minimum Gasteiger partial charge on any atom is -0.469 e. The number of pyridine rings is 1. The number of halogens is 1. The molecule has 1 N–H and O–H groups in total. The van der Waals surface area contributed by atoms with Crippen molar-refractivity contribution in [3.05, 3.63) is 65.7 Å². The average molecular weight is 302 g/mol. The Bertz CT molecular complexity index is 661. The smallest absolute Gasteiger partial charge is 0.307 e. The summed E-state index contributed by atoms with van der Waals surface area (Å²) in [6.07, 6.45) is -0.0262. The predicted octanol–water partition coefficient (Wildman–Crippen LogP) is 2.25. The molecule has 0 aliphatic rings. The summed E-state index contributed by atoms with van der Waals surface area (Å²) in [6.45, 7) is 0. The Labute approximate surface area is 127 Å². The third-order valence-electron chi connectivity index (χ3n) is 3.05. The minimum absolute atomic E-state index is 0.0262. The lowest BCUT2D eigenvalue weighted by Crippen LogP contribution is -2.31. The number of carbonyl (C=O) groups excluding carboxylic acids is 2. The Morgan fingerprint density at radius 3 is 2.55 bits per heavy atom. The van der Waals surface area contributed by atoms with E-state index in [1.54, 1.807) is 24.3 Å². The summed E-state index contributed by atoms with van der Waals surface area (Å²) in [5, 5.41) is 2.67. The van der Waals surface area contributed by atoms with Crippen LogP contribution in [0.15, 0.2) is 48.5 Å². The number of nitrogens with one attached hydrogen (secondary N) is 1. The fourth-order valence-corrected chi connectivity index (χ4v) is 1.95. The summed E-state index contributed by atoms with van der Waals surface area (Å²) < 4.78 is 17.7. The number of esters is 1. The van der Waals surface area contributed by atoms with E-state index in [0.29, 0.717) is 0 Å². The molecule has 0 saturated heterocycles. The minimum atomic E-state index is -0.739. The molecule has 114 valence electrons. The van der Waals surface area contributed by atoms with Gasteiger partial charge < -0.3 is 10.1 Å². The zero-order chi connectivity index (χ0) is 15.9. The van der Waals surface area contributed by atoms with E-state index in [4.69, 9.17) is 0 Å². The molecule has 6 heteroatoms. The molecule has 0 saturated carbocycles. The van der Waals surface area contributed by atoms with E-state index in [9.17, 15) is 14.0 Å². The summed E-state index contributed by atoms with van der Waals surface area (Å²) in [7, 11) is 1.28. The number of aromatic nitrogens is 1. The Morgan fingerprint density at radius 2 is 1.91 bits per heavy atom. The van der Waals surface area contributed by atoms with Gasteiger partial charge in [-0.05, 0) is 17.7 Å². The van der Waals surface area contributed by atoms with Crippen LogP contribution in [0, 0.1) is 5.95 Å². The van der Waals surface area contributed by atoms with E-state index in [0.717, 1.165) is 11.6 Å². The normalized spacial score (nSPS) is 11.5. The molecule has 0 unspecified atom stereocenters. The van der Waals surface area contributed by atoms with Gasteiger partial charge in [0.1, 0.15) is 5.69 Å². The number of methoxy groups -OCH3 is 1. The highest BCUT2D eigenvalue weighted by molar-refractivity contribution is 5.92. The molecule has 1 atom stereocenters. The van der Waals surface area contributed by atoms with Crippen molar-refractivity contribution in [2.75, 3.05) is 7.11 Å². The van der Waals surface area contributed by atoms with Gasteiger partial charge in [-0.3, -0.25) is 9.59 Å². The molecule has 0 fully saturated rings. The van der Waals surface area contributed by atoms with E-state index in [-0.39, 0.29) is 12.1 Å². The molecule has 0 radical (unpaired) electrons. The standard InChI is InChI=1S/C16H15FN2O3/c1-22-15(20)10-13(11-6-3-2-4-7-11)19-16(21)12-8-5-9-14(17)18-12/h2-9,13H,10H2,1H3,(H,19,21)/t13-/m0/s1. The fourth-order valence-electron chi connectivity index (χ4n) is 1.95. The molecule has 5 nitrogen and oxygen atoms in total. The Kier molecular flexibility index (Phi) is 5.19. The molecule has 0 aliphatic heterocycles.